The molecule has 4 rings (SSSR count). The molecule has 0 bridgehead atoms. The fraction of sp³-hybridized carbons (Fsp3) is 0.296. The van der Waals surface area contributed by atoms with E-state index in [1.807, 2.05) is 53.4 Å². The fourth-order valence-electron chi connectivity index (χ4n) is 3.95. The highest BCUT2D eigenvalue weighted by atomic mass is 16.2. The number of nitrogens with zero attached hydrogens (tertiary/aromatic N) is 1. The summed E-state index contributed by atoms with van der Waals surface area (Å²) in [5.74, 6) is 0.862. The molecule has 1 saturated carbocycles. The molecule has 1 amide bonds. The first-order valence-corrected chi connectivity index (χ1v) is 10.8. The molecule has 3 aromatic carbocycles. The molecule has 0 saturated heterocycles. The molecule has 30 heavy (non-hydrogen) atoms. The van der Waals surface area contributed by atoms with Crippen LogP contribution in [0.4, 0.5) is 5.69 Å². The quantitative estimate of drug-likeness (QED) is 0.573. The van der Waals surface area contributed by atoms with Gasteiger partial charge in [0.05, 0.1) is 0 Å². The number of hydrogen-bond acceptors (Lipinski definition) is 2. The van der Waals surface area contributed by atoms with Gasteiger partial charge in [0.2, 0.25) is 5.91 Å². The van der Waals surface area contributed by atoms with Crippen molar-refractivity contribution in [2.75, 3.05) is 11.4 Å². The molecule has 3 atom stereocenters. The smallest absolute Gasteiger partial charge is 0.230 e. The van der Waals surface area contributed by atoms with Crippen molar-refractivity contribution in [3.8, 4) is 11.1 Å². The summed E-state index contributed by atoms with van der Waals surface area (Å²) < 4.78 is 0. The van der Waals surface area contributed by atoms with Crippen molar-refractivity contribution >= 4 is 11.6 Å². The summed E-state index contributed by atoms with van der Waals surface area (Å²) in [6.07, 6.45) is 0.915. The van der Waals surface area contributed by atoms with Crippen molar-refractivity contribution in [3.63, 3.8) is 0 Å². The third-order valence-electron chi connectivity index (χ3n) is 6.14. The minimum Gasteiger partial charge on any atom is -0.326 e. The maximum absolute atomic E-state index is 13.5. The zero-order valence-corrected chi connectivity index (χ0v) is 17.7. The van der Waals surface area contributed by atoms with Crippen LogP contribution in [0.5, 0.6) is 0 Å². The Morgan fingerprint density at radius 1 is 0.900 bits per heavy atom. The lowest BCUT2D eigenvalue weighted by Gasteiger charge is -2.28. The van der Waals surface area contributed by atoms with Crippen LogP contribution in [-0.4, -0.2) is 18.5 Å². The molecule has 0 aliphatic heterocycles. The van der Waals surface area contributed by atoms with E-state index < -0.39 is 0 Å². The minimum absolute atomic E-state index is 0.0422. The van der Waals surface area contributed by atoms with Gasteiger partial charge in [0.1, 0.15) is 0 Å². The van der Waals surface area contributed by atoms with Gasteiger partial charge in [-0.05, 0) is 47.1 Å². The summed E-state index contributed by atoms with van der Waals surface area (Å²) in [5.41, 5.74) is 10.9. The van der Waals surface area contributed by atoms with E-state index >= 15 is 0 Å². The minimum atomic E-state index is -0.0586. The standard InChI is InChI=1S/C27H30N2O/c1-19(2)26(28)18-29(27(30)25-17-24(25)22-11-7-4-8-12-22)23-15-13-21(14-16-23)20-9-5-3-6-10-20/h3-16,19,24-26H,17-18,28H2,1-2H3/t24-,25+,26+/m0/s1. The number of rotatable bonds is 7. The van der Waals surface area contributed by atoms with E-state index in [-0.39, 0.29) is 17.9 Å². The summed E-state index contributed by atoms with van der Waals surface area (Å²) in [4.78, 5) is 15.4. The van der Waals surface area contributed by atoms with Crippen molar-refractivity contribution in [3.05, 3.63) is 90.5 Å². The Morgan fingerprint density at radius 3 is 2.07 bits per heavy atom. The number of hydrogen-bond donors (Lipinski definition) is 1. The van der Waals surface area contributed by atoms with Crippen LogP contribution in [0.25, 0.3) is 11.1 Å². The molecule has 0 aromatic heterocycles. The van der Waals surface area contributed by atoms with E-state index in [0.29, 0.717) is 18.4 Å². The molecule has 2 N–H and O–H groups in total. The van der Waals surface area contributed by atoms with Gasteiger partial charge in [0, 0.05) is 24.2 Å². The van der Waals surface area contributed by atoms with Crippen molar-refractivity contribution in [2.24, 2.45) is 17.6 Å². The maximum atomic E-state index is 13.5. The summed E-state index contributed by atoms with van der Waals surface area (Å²) in [6.45, 7) is 4.75. The van der Waals surface area contributed by atoms with Crippen LogP contribution >= 0.6 is 0 Å². The number of amides is 1. The molecule has 154 valence electrons. The molecule has 1 fully saturated rings. The highest BCUT2D eigenvalue weighted by Gasteiger charge is 2.46. The monoisotopic (exact) mass is 398 g/mol. The van der Waals surface area contributed by atoms with E-state index in [4.69, 9.17) is 5.73 Å². The largest absolute Gasteiger partial charge is 0.326 e. The number of carbonyl (C=O) groups is 1. The van der Waals surface area contributed by atoms with Crippen LogP contribution in [-0.2, 0) is 4.79 Å². The van der Waals surface area contributed by atoms with Crippen molar-refractivity contribution in [1.82, 2.24) is 0 Å². The Balaban J connectivity index is 1.56. The zero-order valence-electron chi connectivity index (χ0n) is 17.7. The predicted molar refractivity (Wildman–Crippen MR) is 124 cm³/mol. The fourth-order valence-corrected chi connectivity index (χ4v) is 3.95. The first kappa shape index (κ1) is 20.4. The third kappa shape index (κ3) is 4.47. The second-order valence-corrected chi connectivity index (χ2v) is 8.63. The molecule has 1 aliphatic carbocycles. The average molecular weight is 399 g/mol. The van der Waals surface area contributed by atoms with Crippen LogP contribution in [0.15, 0.2) is 84.9 Å². The maximum Gasteiger partial charge on any atom is 0.230 e. The summed E-state index contributed by atoms with van der Waals surface area (Å²) in [5, 5.41) is 0. The van der Waals surface area contributed by atoms with Gasteiger partial charge in [-0.15, -0.1) is 0 Å². The van der Waals surface area contributed by atoms with Gasteiger partial charge in [-0.1, -0.05) is 86.6 Å². The van der Waals surface area contributed by atoms with Crippen LogP contribution in [0.3, 0.4) is 0 Å². The second-order valence-electron chi connectivity index (χ2n) is 8.63. The van der Waals surface area contributed by atoms with Gasteiger partial charge < -0.3 is 10.6 Å². The van der Waals surface area contributed by atoms with E-state index in [2.05, 4.69) is 50.2 Å². The number of benzene rings is 3. The van der Waals surface area contributed by atoms with Crippen LogP contribution in [0.2, 0.25) is 0 Å². The molecule has 1 aliphatic rings. The van der Waals surface area contributed by atoms with E-state index in [1.54, 1.807) is 0 Å². The average Bonchev–Trinajstić information content (AvgIpc) is 3.59. The Kier molecular flexibility index (Phi) is 6.01. The van der Waals surface area contributed by atoms with Crippen LogP contribution in [0, 0.1) is 11.8 Å². The molecule has 0 radical (unpaired) electrons. The van der Waals surface area contributed by atoms with Gasteiger partial charge in [-0.2, -0.15) is 0 Å². The Morgan fingerprint density at radius 2 is 1.47 bits per heavy atom. The normalized spacial score (nSPS) is 18.8. The third-order valence-corrected chi connectivity index (χ3v) is 6.14. The van der Waals surface area contributed by atoms with E-state index in [0.717, 1.165) is 17.7 Å². The second kappa shape index (κ2) is 8.85. The lowest BCUT2D eigenvalue weighted by Crippen LogP contribution is -2.44. The van der Waals surface area contributed by atoms with E-state index in [9.17, 15) is 4.79 Å². The molecule has 0 spiro atoms. The summed E-state index contributed by atoms with van der Waals surface area (Å²) in [7, 11) is 0. The van der Waals surface area contributed by atoms with Crippen LogP contribution < -0.4 is 10.6 Å². The summed E-state index contributed by atoms with van der Waals surface area (Å²) in [6, 6.07) is 28.9. The zero-order chi connectivity index (χ0) is 21.1. The molecule has 3 aromatic rings. The van der Waals surface area contributed by atoms with Gasteiger partial charge in [-0.25, -0.2) is 0 Å². The molecule has 3 heteroatoms. The molecular formula is C27H30N2O. The van der Waals surface area contributed by atoms with Crippen molar-refractivity contribution in [1.29, 1.82) is 0 Å². The highest BCUT2D eigenvalue weighted by molar-refractivity contribution is 5.97. The van der Waals surface area contributed by atoms with Crippen molar-refractivity contribution < 1.29 is 4.79 Å². The SMILES string of the molecule is CC(C)[C@H](N)CN(C(=O)[C@@H]1C[C@H]1c1ccccc1)c1ccc(-c2ccccc2)cc1. The number of anilines is 1. The first-order valence-electron chi connectivity index (χ1n) is 10.8. The lowest BCUT2D eigenvalue weighted by atomic mass is 10.0. The van der Waals surface area contributed by atoms with Gasteiger partial charge >= 0.3 is 0 Å². The van der Waals surface area contributed by atoms with E-state index in [1.165, 1.54) is 11.1 Å². The Bertz CT molecular complexity index is 967. The topological polar surface area (TPSA) is 46.3 Å². The summed E-state index contributed by atoms with van der Waals surface area (Å²) >= 11 is 0. The van der Waals surface area contributed by atoms with Gasteiger partial charge in [-0.3, -0.25) is 4.79 Å². The lowest BCUT2D eigenvalue weighted by molar-refractivity contribution is -0.120. The van der Waals surface area contributed by atoms with Gasteiger partial charge in [0.15, 0.2) is 0 Å². The Labute approximate surface area is 179 Å². The van der Waals surface area contributed by atoms with Crippen molar-refractivity contribution in [2.45, 2.75) is 32.2 Å². The number of nitrogens with two attached hydrogens (primary N) is 1. The molecule has 3 nitrogen and oxygen atoms in total. The first-order chi connectivity index (χ1) is 14.5. The van der Waals surface area contributed by atoms with Crippen LogP contribution in [0.1, 0.15) is 31.7 Å². The molecular weight excluding hydrogens is 368 g/mol. The molecule has 0 unspecified atom stereocenters. The predicted octanol–water partition coefficient (Wildman–Crippen LogP) is 5.47. The number of carbonyl (C=O) groups excluding carboxylic acids is 1. The highest BCUT2D eigenvalue weighted by Crippen LogP contribution is 2.48. The van der Waals surface area contributed by atoms with Gasteiger partial charge in [0.25, 0.3) is 0 Å². The Hall–Kier alpha value is -2.91. The molecule has 0 heterocycles.